The van der Waals surface area contributed by atoms with E-state index in [0.717, 1.165) is 0 Å². The van der Waals surface area contributed by atoms with Gasteiger partial charge in [-0.2, -0.15) is 0 Å². The minimum Gasteiger partial charge on any atom is -0.507 e. The minimum atomic E-state index is -0.574. The third-order valence-electron chi connectivity index (χ3n) is 2.44. The monoisotopic (exact) mass is 252 g/mol. The van der Waals surface area contributed by atoms with Crippen LogP contribution in [0, 0.1) is 0 Å². The van der Waals surface area contributed by atoms with Crippen LogP contribution in [0.4, 0.5) is 0 Å². The number of carbonyl (C=O) groups excluding carboxylic acids is 2. The predicted molar refractivity (Wildman–Crippen MR) is 64.4 cm³/mol. The molecule has 0 heterocycles. The second-order valence-corrected chi connectivity index (χ2v) is 3.61. The van der Waals surface area contributed by atoms with Crippen molar-refractivity contribution in [1.29, 1.82) is 0 Å². The Balaban J connectivity index is 2.84. The number of esters is 2. The number of para-hydroxylation sites is 1. The van der Waals surface area contributed by atoms with Crippen LogP contribution in [0.5, 0.6) is 5.75 Å². The summed E-state index contributed by atoms with van der Waals surface area (Å²) in [6.07, 6.45) is 0.460. The maximum Gasteiger partial charge on any atom is 0.341 e. The number of rotatable bonds is 5. The molecule has 1 aromatic carbocycles. The normalized spacial score (nSPS) is 9.89. The average Bonchev–Trinajstić information content (AvgIpc) is 2.37. The van der Waals surface area contributed by atoms with Gasteiger partial charge >= 0.3 is 11.9 Å². The first-order chi connectivity index (χ1) is 8.60. The van der Waals surface area contributed by atoms with E-state index in [4.69, 9.17) is 4.74 Å². The number of phenols is 1. The number of carbonyl (C=O) groups is 2. The Morgan fingerprint density at radius 3 is 2.67 bits per heavy atom. The summed E-state index contributed by atoms with van der Waals surface area (Å²) in [5, 5.41) is 9.92. The van der Waals surface area contributed by atoms with Gasteiger partial charge in [-0.25, -0.2) is 4.79 Å². The maximum absolute atomic E-state index is 11.5. The molecule has 0 fully saturated rings. The second kappa shape index (κ2) is 6.64. The second-order valence-electron chi connectivity index (χ2n) is 3.61. The molecule has 0 aromatic heterocycles. The van der Waals surface area contributed by atoms with E-state index in [-0.39, 0.29) is 30.3 Å². The number of methoxy groups -OCH3 is 1. The summed E-state index contributed by atoms with van der Waals surface area (Å²) in [4.78, 5) is 22.6. The van der Waals surface area contributed by atoms with Crippen molar-refractivity contribution in [3.8, 4) is 5.75 Å². The highest BCUT2D eigenvalue weighted by Crippen LogP contribution is 2.24. The standard InChI is InChI=1S/C13H16O5/c1-3-18-13(16)10-6-4-5-9(12(10)15)7-8-11(14)17-2/h4-6,15H,3,7-8H2,1-2H3. The lowest BCUT2D eigenvalue weighted by molar-refractivity contribution is -0.140. The van der Waals surface area contributed by atoms with Gasteiger partial charge in [-0.15, -0.1) is 0 Å². The zero-order valence-corrected chi connectivity index (χ0v) is 10.4. The quantitative estimate of drug-likeness (QED) is 0.807. The molecule has 0 spiro atoms. The van der Waals surface area contributed by atoms with Crippen molar-refractivity contribution in [1.82, 2.24) is 0 Å². The van der Waals surface area contributed by atoms with E-state index in [0.29, 0.717) is 12.0 Å². The van der Waals surface area contributed by atoms with Gasteiger partial charge in [0.25, 0.3) is 0 Å². The Labute approximate surface area is 105 Å². The summed E-state index contributed by atoms with van der Waals surface area (Å²) in [6.45, 7) is 1.93. The first-order valence-electron chi connectivity index (χ1n) is 5.65. The molecule has 1 aromatic rings. The predicted octanol–water partition coefficient (Wildman–Crippen LogP) is 1.67. The summed E-state index contributed by atoms with van der Waals surface area (Å²) in [5.74, 6) is -1.08. The summed E-state index contributed by atoms with van der Waals surface area (Å²) in [7, 11) is 1.30. The summed E-state index contributed by atoms with van der Waals surface area (Å²) in [5.41, 5.74) is 0.630. The smallest absolute Gasteiger partial charge is 0.341 e. The minimum absolute atomic E-state index is 0.110. The van der Waals surface area contributed by atoms with E-state index in [1.165, 1.54) is 13.2 Å². The Morgan fingerprint density at radius 2 is 2.06 bits per heavy atom. The molecule has 0 aliphatic carbocycles. The van der Waals surface area contributed by atoms with Crippen molar-refractivity contribution in [3.05, 3.63) is 29.3 Å². The van der Waals surface area contributed by atoms with Gasteiger partial charge in [0.2, 0.25) is 0 Å². The zero-order valence-electron chi connectivity index (χ0n) is 10.4. The van der Waals surface area contributed by atoms with Crippen LogP contribution in [0.15, 0.2) is 18.2 Å². The van der Waals surface area contributed by atoms with Gasteiger partial charge in [0.15, 0.2) is 0 Å². The maximum atomic E-state index is 11.5. The van der Waals surface area contributed by atoms with E-state index >= 15 is 0 Å². The molecule has 0 bridgehead atoms. The van der Waals surface area contributed by atoms with Crippen molar-refractivity contribution in [2.75, 3.05) is 13.7 Å². The number of phenolic OH excluding ortho intramolecular Hbond substituents is 1. The fraction of sp³-hybridized carbons (Fsp3) is 0.385. The SMILES string of the molecule is CCOC(=O)c1cccc(CCC(=O)OC)c1O. The van der Waals surface area contributed by atoms with Crippen LogP contribution < -0.4 is 0 Å². The zero-order chi connectivity index (χ0) is 13.5. The molecule has 1 rings (SSSR count). The Hall–Kier alpha value is -2.04. The van der Waals surface area contributed by atoms with Crippen LogP contribution in [0.25, 0.3) is 0 Å². The first kappa shape index (κ1) is 14.0. The van der Waals surface area contributed by atoms with E-state index in [1.54, 1.807) is 19.1 Å². The van der Waals surface area contributed by atoms with Crippen LogP contribution in [-0.2, 0) is 20.7 Å². The van der Waals surface area contributed by atoms with E-state index < -0.39 is 5.97 Å². The van der Waals surface area contributed by atoms with Crippen molar-refractivity contribution in [2.45, 2.75) is 19.8 Å². The average molecular weight is 252 g/mol. The van der Waals surface area contributed by atoms with Crippen LogP contribution in [0.1, 0.15) is 29.3 Å². The van der Waals surface area contributed by atoms with Gasteiger partial charge in [0.1, 0.15) is 11.3 Å². The molecule has 0 saturated heterocycles. The van der Waals surface area contributed by atoms with Gasteiger partial charge < -0.3 is 14.6 Å². The lowest BCUT2D eigenvalue weighted by Crippen LogP contribution is -2.07. The largest absolute Gasteiger partial charge is 0.507 e. The molecule has 0 radical (unpaired) electrons. The number of hydrogen-bond donors (Lipinski definition) is 1. The van der Waals surface area contributed by atoms with E-state index in [9.17, 15) is 14.7 Å². The van der Waals surface area contributed by atoms with E-state index in [2.05, 4.69) is 4.74 Å². The Morgan fingerprint density at radius 1 is 1.33 bits per heavy atom. The van der Waals surface area contributed by atoms with Gasteiger partial charge in [-0.1, -0.05) is 12.1 Å². The third kappa shape index (κ3) is 3.48. The molecule has 1 N–H and O–H groups in total. The molecular formula is C13H16O5. The molecule has 0 atom stereocenters. The van der Waals surface area contributed by atoms with Crippen LogP contribution in [0.3, 0.4) is 0 Å². The number of aromatic hydroxyl groups is 1. The highest BCUT2D eigenvalue weighted by molar-refractivity contribution is 5.92. The highest BCUT2D eigenvalue weighted by Gasteiger charge is 2.15. The summed E-state index contributed by atoms with van der Waals surface area (Å²) in [6, 6.07) is 4.77. The van der Waals surface area contributed by atoms with Gasteiger partial charge in [0.05, 0.1) is 13.7 Å². The molecule has 0 saturated carbocycles. The van der Waals surface area contributed by atoms with Crippen molar-refractivity contribution >= 4 is 11.9 Å². The van der Waals surface area contributed by atoms with Crippen molar-refractivity contribution < 1.29 is 24.2 Å². The van der Waals surface area contributed by atoms with Crippen LogP contribution in [0.2, 0.25) is 0 Å². The summed E-state index contributed by atoms with van der Waals surface area (Å²) < 4.78 is 9.34. The van der Waals surface area contributed by atoms with Crippen LogP contribution in [-0.4, -0.2) is 30.8 Å². The van der Waals surface area contributed by atoms with Gasteiger partial charge in [-0.05, 0) is 25.0 Å². The molecule has 0 aliphatic rings. The molecule has 18 heavy (non-hydrogen) atoms. The molecule has 0 amide bonds. The highest BCUT2D eigenvalue weighted by atomic mass is 16.5. The first-order valence-corrected chi connectivity index (χ1v) is 5.65. The van der Waals surface area contributed by atoms with Crippen LogP contribution >= 0.6 is 0 Å². The molecule has 98 valence electrons. The van der Waals surface area contributed by atoms with Gasteiger partial charge in [-0.3, -0.25) is 4.79 Å². The molecule has 5 heteroatoms. The molecular weight excluding hydrogens is 236 g/mol. The number of aryl methyl sites for hydroxylation is 1. The molecule has 0 aliphatic heterocycles. The van der Waals surface area contributed by atoms with E-state index in [1.807, 2.05) is 0 Å². The van der Waals surface area contributed by atoms with Gasteiger partial charge in [0, 0.05) is 6.42 Å². The third-order valence-corrected chi connectivity index (χ3v) is 2.44. The fourth-order valence-corrected chi connectivity index (χ4v) is 1.51. The fourth-order valence-electron chi connectivity index (χ4n) is 1.51. The van der Waals surface area contributed by atoms with Crippen molar-refractivity contribution in [3.63, 3.8) is 0 Å². The lowest BCUT2D eigenvalue weighted by atomic mass is 10.0. The Bertz CT molecular complexity index is 439. The number of ether oxygens (including phenoxy) is 2. The number of hydrogen-bond acceptors (Lipinski definition) is 5. The molecule has 0 unspecified atom stereocenters. The Kier molecular flexibility index (Phi) is 5.17. The summed E-state index contributed by atoms with van der Waals surface area (Å²) >= 11 is 0. The number of benzene rings is 1. The topological polar surface area (TPSA) is 72.8 Å². The van der Waals surface area contributed by atoms with Crippen molar-refractivity contribution in [2.24, 2.45) is 0 Å². The molecule has 5 nitrogen and oxygen atoms in total. The lowest BCUT2D eigenvalue weighted by Gasteiger charge is -2.08.